The molecule has 0 nitrogen and oxygen atoms in total. The first kappa shape index (κ1) is 11.3. The van der Waals surface area contributed by atoms with Gasteiger partial charge in [0.1, 0.15) is 5.82 Å². The minimum Gasteiger partial charge on any atom is -0.207 e. The van der Waals surface area contributed by atoms with Crippen molar-refractivity contribution in [1.82, 2.24) is 0 Å². The molecule has 0 fully saturated rings. The van der Waals surface area contributed by atoms with Crippen LogP contribution in [0.25, 0.3) is 0 Å². The Labute approximate surface area is 96.5 Å². The zero-order valence-electron chi connectivity index (χ0n) is 9.52. The Morgan fingerprint density at radius 3 is 1.81 bits per heavy atom. The minimum absolute atomic E-state index is 0.170. The van der Waals surface area contributed by atoms with Crippen molar-refractivity contribution < 1.29 is 4.39 Å². The number of hydrogen-bond donors (Lipinski definition) is 0. The first-order valence-electron chi connectivity index (χ1n) is 5.26. The van der Waals surface area contributed by atoms with Crippen molar-refractivity contribution in [3.8, 4) is 0 Å². The predicted molar refractivity (Wildman–Crippen MR) is 70.9 cm³/mol. The predicted octanol–water partition coefficient (Wildman–Crippen LogP) is 3.05. The van der Waals surface area contributed by atoms with Gasteiger partial charge in [0.15, 0.2) is 0 Å². The van der Waals surface area contributed by atoms with E-state index in [1.165, 1.54) is 10.6 Å². The molecule has 0 aliphatic carbocycles. The summed E-state index contributed by atoms with van der Waals surface area (Å²) in [7, 11) is -1.33. The number of rotatable bonds is 2. The van der Waals surface area contributed by atoms with Crippen LogP contribution in [0, 0.1) is 5.82 Å². The summed E-state index contributed by atoms with van der Waals surface area (Å²) in [4.78, 5) is 0. The smallest absolute Gasteiger partial charge is 0.123 e. The van der Waals surface area contributed by atoms with Crippen molar-refractivity contribution >= 4 is 17.9 Å². The van der Waals surface area contributed by atoms with Gasteiger partial charge in [-0.2, -0.15) is 0 Å². The monoisotopic (exact) mass is 232 g/mol. The van der Waals surface area contributed by atoms with E-state index in [1.807, 2.05) is 18.2 Å². The van der Waals surface area contributed by atoms with Gasteiger partial charge in [0.2, 0.25) is 0 Å². The summed E-state index contributed by atoms with van der Waals surface area (Å²) in [6, 6.07) is 17.3. The Morgan fingerprint density at radius 2 is 1.25 bits per heavy atom. The standard InChI is InChI=1S/C14H15FP/c1-16(2,13-6-4-3-5-7-13)14-10-8-12(15)9-11-14/h3-11H,1-2H3/q+1/i15-1. The quantitative estimate of drug-likeness (QED) is 0.698. The summed E-state index contributed by atoms with van der Waals surface area (Å²) in [6.07, 6.45) is 0. The van der Waals surface area contributed by atoms with Crippen molar-refractivity contribution in [1.29, 1.82) is 0 Å². The van der Waals surface area contributed by atoms with Crippen LogP contribution in [0.2, 0.25) is 0 Å². The SMILES string of the molecule is C[P+](C)(c1ccccc1)c1ccc([18F])cc1. The van der Waals surface area contributed by atoms with Gasteiger partial charge in [-0.15, -0.1) is 0 Å². The molecule has 0 saturated heterocycles. The normalized spacial score (nSPS) is 11.4. The largest absolute Gasteiger partial charge is 0.207 e. The highest BCUT2D eigenvalue weighted by molar-refractivity contribution is 7.88. The highest BCUT2D eigenvalue weighted by Gasteiger charge is 2.30. The second-order valence-electron chi connectivity index (χ2n) is 4.27. The molecule has 2 aromatic carbocycles. The highest BCUT2D eigenvalue weighted by atomic mass is 31.2. The fourth-order valence-corrected chi connectivity index (χ4v) is 3.87. The van der Waals surface area contributed by atoms with Crippen molar-refractivity contribution in [2.45, 2.75) is 0 Å². The van der Waals surface area contributed by atoms with Crippen LogP contribution >= 0.6 is 7.26 Å². The van der Waals surface area contributed by atoms with Crippen LogP contribution in [0.3, 0.4) is 0 Å². The molecule has 0 atom stereocenters. The summed E-state index contributed by atoms with van der Waals surface area (Å²) >= 11 is 0. The molecule has 0 unspecified atom stereocenters. The van der Waals surface area contributed by atoms with E-state index in [-0.39, 0.29) is 5.82 Å². The van der Waals surface area contributed by atoms with E-state index in [9.17, 15) is 4.39 Å². The van der Waals surface area contributed by atoms with Crippen LogP contribution in [0.1, 0.15) is 0 Å². The molecule has 2 aromatic rings. The van der Waals surface area contributed by atoms with E-state index in [0.717, 1.165) is 0 Å². The van der Waals surface area contributed by atoms with Crippen LogP contribution in [0.5, 0.6) is 0 Å². The average molecular weight is 232 g/mol. The molecule has 2 rings (SSSR count). The average Bonchev–Trinajstić information content (AvgIpc) is 2.31. The van der Waals surface area contributed by atoms with Gasteiger partial charge in [-0.25, -0.2) is 4.39 Å². The van der Waals surface area contributed by atoms with Gasteiger partial charge < -0.3 is 0 Å². The summed E-state index contributed by atoms with van der Waals surface area (Å²) < 4.78 is 12.9. The van der Waals surface area contributed by atoms with Crippen molar-refractivity contribution in [2.75, 3.05) is 13.3 Å². The summed E-state index contributed by atoms with van der Waals surface area (Å²) in [5, 5.41) is 2.58. The van der Waals surface area contributed by atoms with E-state index in [1.54, 1.807) is 12.1 Å². The number of benzene rings is 2. The summed E-state index contributed by atoms with van der Waals surface area (Å²) in [5.74, 6) is -0.170. The molecule has 0 radical (unpaired) electrons. The molecule has 82 valence electrons. The Bertz CT molecular complexity index is 460. The lowest BCUT2D eigenvalue weighted by atomic mass is 10.3. The topological polar surface area (TPSA) is 0 Å². The lowest BCUT2D eigenvalue weighted by Gasteiger charge is -2.17. The molecule has 0 N–H and O–H groups in total. The molecule has 0 aromatic heterocycles. The molecule has 0 heterocycles. The van der Waals surface area contributed by atoms with E-state index >= 15 is 0 Å². The Hall–Kier alpha value is -1.20. The number of hydrogen-bond acceptors (Lipinski definition) is 0. The Morgan fingerprint density at radius 1 is 0.750 bits per heavy atom. The van der Waals surface area contributed by atoms with Crippen LogP contribution in [-0.4, -0.2) is 13.3 Å². The van der Waals surface area contributed by atoms with Crippen LogP contribution in [0.4, 0.5) is 4.39 Å². The van der Waals surface area contributed by atoms with E-state index in [2.05, 4.69) is 37.6 Å². The van der Waals surface area contributed by atoms with Crippen LogP contribution < -0.4 is 10.6 Å². The van der Waals surface area contributed by atoms with Crippen LogP contribution in [0.15, 0.2) is 54.6 Å². The summed E-state index contributed by atoms with van der Waals surface area (Å²) in [5.41, 5.74) is 0. The third kappa shape index (κ3) is 2.15. The maximum absolute atomic E-state index is 12.9. The third-order valence-electron chi connectivity index (χ3n) is 2.87. The van der Waals surface area contributed by atoms with Crippen molar-refractivity contribution in [2.24, 2.45) is 0 Å². The molecular weight excluding hydrogens is 217 g/mol. The first-order chi connectivity index (χ1) is 7.60. The molecule has 0 saturated carbocycles. The maximum atomic E-state index is 12.9. The minimum atomic E-state index is -1.33. The van der Waals surface area contributed by atoms with Crippen molar-refractivity contribution in [3.05, 3.63) is 60.4 Å². The van der Waals surface area contributed by atoms with Gasteiger partial charge >= 0.3 is 0 Å². The lowest BCUT2D eigenvalue weighted by molar-refractivity contribution is 0.628. The second-order valence-corrected chi connectivity index (χ2v) is 8.21. The van der Waals surface area contributed by atoms with Gasteiger partial charge in [0.05, 0.1) is 31.2 Å². The zero-order chi connectivity index (χ0) is 11.6. The van der Waals surface area contributed by atoms with Crippen molar-refractivity contribution in [3.63, 3.8) is 0 Å². The van der Waals surface area contributed by atoms with Gasteiger partial charge in [0, 0.05) is 0 Å². The van der Waals surface area contributed by atoms with E-state index in [4.69, 9.17) is 0 Å². The molecule has 0 aliphatic rings. The van der Waals surface area contributed by atoms with Gasteiger partial charge in [0.25, 0.3) is 0 Å². The third-order valence-corrected chi connectivity index (χ3v) is 6.05. The molecule has 0 aliphatic heterocycles. The zero-order valence-corrected chi connectivity index (χ0v) is 10.4. The molecule has 0 spiro atoms. The van der Waals surface area contributed by atoms with Crippen LogP contribution in [-0.2, 0) is 0 Å². The maximum Gasteiger partial charge on any atom is 0.123 e. The molecule has 2 heteroatoms. The highest BCUT2D eigenvalue weighted by Crippen LogP contribution is 2.48. The summed E-state index contributed by atoms with van der Waals surface area (Å²) in [6.45, 7) is 4.52. The number of halogens is 1. The first-order valence-corrected chi connectivity index (χ1v) is 7.95. The van der Waals surface area contributed by atoms with Gasteiger partial charge in [-0.1, -0.05) is 18.2 Å². The van der Waals surface area contributed by atoms with E-state index < -0.39 is 7.26 Å². The molecule has 0 bridgehead atoms. The lowest BCUT2D eigenvalue weighted by Crippen LogP contribution is -2.20. The second kappa shape index (κ2) is 4.35. The fourth-order valence-electron chi connectivity index (χ4n) is 1.76. The van der Waals surface area contributed by atoms with E-state index in [0.29, 0.717) is 0 Å². The Kier molecular flexibility index (Phi) is 3.07. The Balaban J connectivity index is 2.43. The van der Waals surface area contributed by atoms with Gasteiger partial charge in [-0.3, -0.25) is 0 Å². The van der Waals surface area contributed by atoms with Gasteiger partial charge in [-0.05, 0) is 36.4 Å². The molecule has 16 heavy (non-hydrogen) atoms. The molecular formula is C14H15FP+. The fraction of sp³-hybridized carbons (Fsp3) is 0.143. The molecule has 0 amide bonds.